The van der Waals surface area contributed by atoms with Crippen molar-refractivity contribution in [1.29, 1.82) is 0 Å². The molecule has 5 nitrogen and oxygen atoms in total. The SMILES string of the molecule is CCN1CCN(Cc2cnn(-c3ccc(-c4ccc(F)cc4)c(C)c3)c2-c2ccco2)CC1. The van der Waals surface area contributed by atoms with Crippen molar-refractivity contribution >= 4 is 0 Å². The number of furan rings is 1. The molecule has 3 heterocycles. The van der Waals surface area contributed by atoms with Gasteiger partial charge in [-0.05, 0) is 66.6 Å². The predicted octanol–water partition coefficient (Wildman–Crippen LogP) is 5.38. The lowest BCUT2D eigenvalue weighted by atomic mass is 10.00. The van der Waals surface area contributed by atoms with Crippen LogP contribution in [0, 0.1) is 12.7 Å². The van der Waals surface area contributed by atoms with Crippen LogP contribution in [0.4, 0.5) is 4.39 Å². The summed E-state index contributed by atoms with van der Waals surface area (Å²) in [5.74, 6) is 0.589. The molecule has 1 saturated heterocycles. The number of aryl methyl sites for hydroxylation is 1. The summed E-state index contributed by atoms with van der Waals surface area (Å²) >= 11 is 0. The molecule has 0 saturated carbocycles. The second-order valence-corrected chi connectivity index (χ2v) is 8.62. The largest absolute Gasteiger partial charge is 0.463 e. The van der Waals surface area contributed by atoms with Crippen molar-refractivity contribution in [3.63, 3.8) is 0 Å². The smallest absolute Gasteiger partial charge is 0.152 e. The Balaban J connectivity index is 1.47. The fraction of sp³-hybridized carbons (Fsp3) is 0.296. The van der Waals surface area contributed by atoms with Gasteiger partial charge in [-0.1, -0.05) is 25.1 Å². The Morgan fingerprint density at radius 2 is 1.73 bits per heavy atom. The zero-order chi connectivity index (χ0) is 22.8. The van der Waals surface area contributed by atoms with Crippen LogP contribution in [-0.4, -0.2) is 52.3 Å². The van der Waals surface area contributed by atoms with E-state index < -0.39 is 0 Å². The van der Waals surface area contributed by atoms with Crippen LogP contribution < -0.4 is 0 Å². The van der Waals surface area contributed by atoms with Gasteiger partial charge in [0.25, 0.3) is 0 Å². The predicted molar refractivity (Wildman–Crippen MR) is 129 cm³/mol. The van der Waals surface area contributed by atoms with Gasteiger partial charge in [-0.2, -0.15) is 5.10 Å². The molecule has 0 unspecified atom stereocenters. The van der Waals surface area contributed by atoms with Crippen LogP contribution in [0.2, 0.25) is 0 Å². The van der Waals surface area contributed by atoms with E-state index in [1.807, 2.05) is 35.1 Å². The first-order valence-electron chi connectivity index (χ1n) is 11.5. The van der Waals surface area contributed by atoms with Crippen molar-refractivity contribution in [3.05, 3.63) is 84.0 Å². The lowest BCUT2D eigenvalue weighted by Crippen LogP contribution is -2.45. The van der Waals surface area contributed by atoms with Crippen molar-refractivity contribution in [3.8, 4) is 28.3 Å². The minimum atomic E-state index is -0.226. The van der Waals surface area contributed by atoms with Crippen LogP contribution in [0.5, 0.6) is 0 Å². The number of benzene rings is 2. The van der Waals surface area contributed by atoms with E-state index >= 15 is 0 Å². The maximum Gasteiger partial charge on any atom is 0.152 e. The molecule has 0 atom stereocenters. The minimum absolute atomic E-state index is 0.226. The first-order valence-corrected chi connectivity index (χ1v) is 11.5. The van der Waals surface area contributed by atoms with Gasteiger partial charge in [-0.15, -0.1) is 0 Å². The second-order valence-electron chi connectivity index (χ2n) is 8.62. The number of likely N-dealkylation sites (N-methyl/N-ethyl adjacent to an activating group) is 1. The van der Waals surface area contributed by atoms with Crippen LogP contribution >= 0.6 is 0 Å². The molecule has 1 fully saturated rings. The summed E-state index contributed by atoms with van der Waals surface area (Å²) < 4.78 is 21.1. The molecule has 170 valence electrons. The molecule has 0 amide bonds. The van der Waals surface area contributed by atoms with E-state index in [1.165, 1.54) is 12.1 Å². The summed E-state index contributed by atoms with van der Waals surface area (Å²) in [4.78, 5) is 4.97. The normalized spacial score (nSPS) is 15.2. The standard InChI is InChI=1S/C27H29FN4O/c1-3-30-12-14-31(15-13-30)19-22-18-29-32(27(22)26-5-4-16-33-26)24-10-11-25(20(2)17-24)21-6-8-23(28)9-7-21/h4-11,16-18H,3,12-15,19H2,1-2H3. The average molecular weight is 445 g/mol. The molecule has 6 heteroatoms. The van der Waals surface area contributed by atoms with Crippen LogP contribution in [0.1, 0.15) is 18.1 Å². The highest BCUT2D eigenvalue weighted by atomic mass is 19.1. The van der Waals surface area contributed by atoms with Crippen LogP contribution in [0.15, 0.2) is 71.5 Å². The van der Waals surface area contributed by atoms with Crippen LogP contribution in [0.3, 0.4) is 0 Å². The summed E-state index contributed by atoms with van der Waals surface area (Å²) in [6.45, 7) is 10.6. The number of halogens is 1. The van der Waals surface area contributed by atoms with Crippen LogP contribution in [-0.2, 0) is 6.54 Å². The number of rotatable bonds is 6. The molecule has 1 aliphatic heterocycles. The molecule has 0 N–H and O–H groups in total. The van der Waals surface area contributed by atoms with Crippen molar-refractivity contribution in [2.75, 3.05) is 32.7 Å². The molecule has 4 aromatic rings. The summed E-state index contributed by atoms with van der Waals surface area (Å²) in [6, 6.07) is 16.8. The van der Waals surface area contributed by atoms with Crippen molar-refractivity contribution in [2.45, 2.75) is 20.4 Å². The van der Waals surface area contributed by atoms with Gasteiger partial charge in [-0.3, -0.25) is 4.90 Å². The average Bonchev–Trinajstić information content (AvgIpc) is 3.50. The van der Waals surface area contributed by atoms with Gasteiger partial charge in [0.2, 0.25) is 0 Å². The summed E-state index contributed by atoms with van der Waals surface area (Å²) in [5.41, 5.74) is 6.32. The first kappa shape index (κ1) is 21.6. The van der Waals surface area contributed by atoms with Gasteiger partial charge in [0.1, 0.15) is 11.5 Å². The van der Waals surface area contributed by atoms with E-state index in [2.05, 4.69) is 41.8 Å². The zero-order valence-corrected chi connectivity index (χ0v) is 19.2. The van der Waals surface area contributed by atoms with E-state index in [1.54, 1.807) is 6.26 Å². The third kappa shape index (κ3) is 4.49. The van der Waals surface area contributed by atoms with Gasteiger partial charge < -0.3 is 9.32 Å². The van der Waals surface area contributed by atoms with Gasteiger partial charge in [0, 0.05) is 38.3 Å². The second kappa shape index (κ2) is 9.33. The molecule has 2 aromatic heterocycles. The van der Waals surface area contributed by atoms with Gasteiger partial charge >= 0.3 is 0 Å². The zero-order valence-electron chi connectivity index (χ0n) is 19.2. The van der Waals surface area contributed by atoms with Gasteiger partial charge in [0.15, 0.2) is 5.76 Å². The molecule has 0 radical (unpaired) electrons. The number of aromatic nitrogens is 2. The van der Waals surface area contributed by atoms with Crippen LogP contribution in [0.25, 0.3) is 28.3 Å². The first-order chi connectivity index (χ1) is 16.1. The van der Waals surface area contributed by atoms with Gasteiger partial charge in [-0.25, -0.2) is 9.07 Å². The molecular weight excluding hydrogens is 415 g/mol. The molecular formula is C27H29FN4O. The van der Waals surface area contributed by atoms with Crippen molar-refractivity contribution in [2.24, 2.45) is 0 Å². The number of piperazine rings is 1. The highest BCUT2D eigenvalue weighted by Gasteiger charge is 2.22. The fourth-order valence-corrected chi connectivity index (χ4v) is 4.61. The van der Waals surface area contributed by atoms with E-state index in [4.69, 9.17) is 9.52 Å². The topological polar surface area (TPSA) is 37.4 Å². The third-order valence-electron chi connectivity index (χ3n) is 6.52. The highest BCUT2D eigenvalue weighted by Crippen LogP contribution is 2.31. The maximum absolute atomic E-state index is 13.3. The van der Waals surface area contributed by atoms with E-state index in [-0.39, 0.29) is 5.82 Å². The molecule has 2 aromatic carbocycles. The fourth-order valence-electron chi connectivity index (χ4n) is 4.61. The Bertz CT molecular complexity index is 1210. The Hall–Kier alpha value is -3.22. The molecule has 0 bridgehead atoms. The highest BCUT2D eigenvalue weighted by molar-refractivity contribution is 5.69. The Labute approximate surface area is 194 Å². The van der Waals surface area contributed by atoms with E-state index in [0.717, 1.165) is 78.7 Å². The number of hydrogen-bond acceptors (Lipinski definition) is 4. The molecule has 0 aliphatic carbocycles. The van der Waals surface area contributed by atoms with Gasteiger partial charge in [0.05, 0.1) is 18.1 Å². The Kier molecular flexibility index (Phi) is 6.11. The number of hydrogen-bond donors (Lipinski definition) is 0. The molecule has 0 spiro atoms. The summed E-state index contributed by atoms with van der Waals surface area (Å²) in [6.07, 6.45) is 3.67. The summed E-state index contributed by atoms with van der Waals surface area (Å²) in [5, 5.41) is 4.76. The Morgan fingerprint density at radius 3 is 2.39 bits per heavy atom. The Morgan fingerprint density at radius 1 is 0.970 bits per heavy atom. The molecule has 33 heavy (non-hydrogen) atoms. The lowest BCUT2D eigenvalue weighted by Gasteiger charge is -2.33. The quantitative estimate of drug-likeness (QED) is 0.400. The monoisotopic (exact) mass is 444 g/mol. The molecule has 1 aliphatic rings. The van der Waals surface area contributed by atoms with E-state index in [0.29, 0.717) is 0 Å². The molecule has 5 rings (SSSR count). The van der Waals surface area contributed by atoms with Crippen molar-refractivity contribution in [1.82, 2.24) is 19.6 Å². The lowest BCUT2D eigenvalue weighted by molar-refractivity contribution is 0.132. The maximum atomic E-state index is 13.3. The third-order valence-corrected chi connectivity index (χ3v) is 6.52. The number of nitrogens with zero attached hydrogens (tertiary/aromatic N) is 4. The van der Waals surface area contributed by atoms with Crippen molar-refractivity contribution < 1.29 is 8.81 Å². The summed E-state index contributed by atoms with van der Waals surface area (Å²) in [7, 11) is 0. The minimum Gasteiger partial charge on any atom is -0.463 e. The van der Waals surface area contributed by atoms with E-state index in [9.17, 15) is 4.39 Å².